The number of nitrogens with two attached hydrogens (primary N) is 1. The van der Waals surface area contributed by atoms with E-state index >= 15 is 0 Å². The normalized spacial score (nSPS) is 13.0. The third-order valence-corrected chi connectivity index (χ3v) is 1.99. The Labute approximate surface area is 72.4 Å². The van der Waals surface area contributed by atoms with Gasteiger partial charge in [-0.05, 0) is 19.4 Å². The van der Waals surface area contributed by atoms with Gasteiger partial charge >= 0.3 is 0 Å². The Hall–Kier alpha value is -0.890. The van der Waals surface area contributed by atoms with Gasteiger partial charge in [0.25, 0.3) is 0 Å². The first-order valence-corrected chi connectivity index (χ1v) is 4.16. The van der Waals surface area contributed by atoms with Crippen molar-refractivity contribution in [1.82, 2.24) is 0 Å². The Kier molecular flexibility index (Phi) is 2.82. The smallest absolute Gasteiger partial charge is 0.127 e. The Balaban J connectivity index is 3.04. The molecule has 66 valence electrons. The van der Waals surface area contributed by atoms with Crippen molar-refractivity contribution < 1.29 is 4.39 Å². The van der Waals surface area contributed by atoms with Crippen LogP contribution in [0.15, 0.2) is 18.2 Å². The summed E-state index contributed by atoms with van der Waals surface area (Å²) >= 11 is 0. The van der Waals surface area contributed by atoms with Crippen LogP contribution >= 0.6 is 0 Å². The van der Waals surface area contributed by atoms with Gasteiger partial charge in [-0.25, -0.2) is 4.39 Å². The fourth-order valence-corrected chi connectivity index (χ4v) is 1.17. The van der Waals surface area contributed by atoms with Crippen LogP contribution in [0.4, 0.5) is 4.39 Å². The van der Waals surface area contributed by atoms with Crippen LogP contribution in [0.25, 0.3) is 0 Å². The Bertz CT molecular complexity index is 271. The lowest BCUT2D eigenvalue weighted by Crippen LogP contribution is -2.10. The molecule has 0 saturated carbocycles. The maximum absolute atomic E-state index is 13.1. The van der Waals surface area contributed by atoms with Crippen LogP contribution in [-0.2, 0) is 0 Å². The van der Waals surface area contributed by atoms with Crippen LogP contribution in [0.2, 0.25) is 0 Å². The molecule has 0 aromatic heterocycles. The van der Waals surface area contributed by atoms with Crippen molar-refractivity contribution >= 4 is 0 Å². The molecule has 0 heterocycles. The van der Waals surface area contributed by atoms with Crippen LogP contribution in [0.3, 0.4) is 0 Å². The third-order valence-electron chi connectivity index (χ3n) is 1.99. The predicted molar refractivity (Wildman–Crippen MR) is 48.4 cm³/mol. The van der Waals surface area contributed by atoms with Crippen molar-refractivity contribution in [3.05, 3.63) is 35.1 Å². The van der Waals surface area contributed by atoms with Gasteiger partial charge in [-0.2, -0.15) is 0 Å². The average molecular weight is 167 g/mol. The minimum Gasteiger partial charge on any atom is -0.324 e. The highest BCUT2D eigenvalue weighted by atomic mass is 19.1. The summed E-state index contributed by atoms with van der Waals surface area (Å²) in [5, 5.41) is 0. The van der Waals surface area contributed by atoms with E-state index in [-0.39, 0.29) is 11.9 Å². The summed E-state index contributed by atoms with van der Waals surface area (Å²) in [6.07, 6.45) is 0.764. The number of halogens is 1. The molecule has 0 amide bonds. The first-order chi connectivity index (χ1) is 5.65. The first kappa shape index (κ1) is 9.20. The molecule has 0 spiro atoms. The molecule has 0 aliphatic rings. The molecule has 1 nitrogen and oxygen atoms in total. The van der Waals surface area contributed by atoms with Crippen LogP contribution in [0.5, 0.6) is 0 Å². The number of rotatable bonds is 2. The summed E-state index contributed by atoms with van der Waals surface area (Å²) in [5.41, 5.74) is 7.40. The lowest BCUT2D eigenvalue weighted by Gasteiger charge is -2.10. The highest BCUT2D eigenvalue weighted by Crippen LogP contribution is 2.18. The van der Waals surface area contributed by atoms with Crippen molar-refractivity contribution in [1.29, 1.82) is 0 Å². The highest BCUT2D eigenvalue weighted by molar-refractivity contribution is 5.26. The second-order valence-electron chi connectivity index (χ2n) is 3.04. The zero-order valence-electron chi connectivity index (χ0n) is 7.47. The van der Waals surface area contributed by atoms with E-state index in [0.29, 0.717) is 5.56 Å². The second kappa shape index (κ2) is 3.68. The quantitative estimate of drug-likeness (QED) is 0.719. The molecule has 1 rings (SSSR count). The molecule has 0 aliphatic heterocycles. The van der Waals surface area contributed by atoms with E-state index in [1.54, 1.807) is 6.07 Å². The lowest BCUT2D eigenvalue weighted by atomic mass is 10.0. The van der Waals surface area contributed by atoms with Crippen LogP contribution in [0, 0.1) is 12.7 Å². The Morgan fingerprint density at radius 2 is 2.17 bits per heavy atom. The predicted octanol–water partition coefficient (Wildman–Crippen LogP) is 2.54. The SMILES string of the molecule is CC[C@@H](N)c1cc(C)ccc1F. The fraction of sp³-hybridized carbons (Fsp3) is 0.400. The minimum absolute atomic E-state index is 0.176. The Morgan fingerprint density at radius 1 is 1.50 bits per heavy atom. The monoisotopic (exact) mass is 167 g/mol. The van der Waals surface area contributed by atoms with Crippen LogP contribution in [-0.4, -0.2) is 0 Å². The molecule has 0 aliphatic carbocycles. The summed E-state index contributed by atoms with van der Waals surface area (Å²) in [5.74, 6) is -0.199. The van der Waals surface area contributed by atoms with Crippen molar-refractivity contribution in [2.45, 2.75) is 26.3 Å². The highest BCUT2D eigenvalue weighted by Gasteiger charge is 2.08. The van der Waals surface area contributed by atoms with Crippen molar-refractivity contribution in [2.24, 2.45) is 5.73 Å². The molecule has 0 bridgehead atoms. The maximum Gasteiger partial charge on any atom is 0.127 e. The van der Waals surface area contributed by atoms with Crippen molar-refractivity contribution in [3.8, 4) is 0 Å². The Morgan fingerprint density at radius 3 is 2.75 bits per heavy atom. The van der Waals surface area contributed by atoms with Gasteiger partial charge in [0.2, 0.25) is 0 Å². The van der Waals surface area contributed by atoms with Gasteiger partial charge in [0.15, 0.2) is 0 Å². The molecule has 1 aromatic carbocycles. The molecular formula is C10H14FN. The van der Waals surface area contributed by atoms with Gasteiger partial charge < -0.3 is 5.73 Å². The van der Waals surface area contributed by atoms with Gasteiger partial charge in [-0.3, -0.25) is 0 Å². The molecule has 0 saturated heterocycles. The fourth-order valence-electron chi connectivity index (χ4n) is 1.17. The van der Waals surface area contributed by atoms with Crippen LogP contribution < -0.4 is 5.73 Å². The van der Waals surface area contributed by atoms with Gasteiger partial charge in [0.1, 0.15) is 5.82 Å². The standard InChI is InChI=1S/C10H14FN/c1-3-10(12)8-6-7(2)4-5-9(8)11/h4-6,10H,3,12H2,1-2H3/t10-/m1/s1. The van der Waals surface area contributed by atoms with E-state index in [4.69, 9.17) is 5.73 Å². The van der Waals surface area contributed by atoms with Gasteiger partial charge in [-0.1, -0.05) is 24.6 Å². The molecular weight excluding hydrogens is 153 g/mol. The summed E-state index contributed by atoms with van der Waals surface area (Å²) in [7, 11) is 0. The largest absolute Gasteiger partial charge is 0.324 e. The molecule has 2 heteroatoms. The number of hydrogen-bond acceptors (Lipinski definition) is 1. The summed E-state index contributed by atoms with van der Waals surface area (Å²) in [4.78, 5) is 0. The number of aryl methyl sites for hydroxylation is 1. The topological polar surface area (TPSA) is 26.0 Å². The number of benzene rings is 1. The molecule has 0 radical (unpaired) electrons. The zero-order chi connectivity index (χ0) is 9.14. The minimum atomic E-state index is -0.199. The summed E-state index contributed by atoms with van der Waals surface area (Å²) in [6, 6.07) is 4.86. The molecule has 2 N–H and O–H groups in total. The summed E-state index contributed by atoms with van der Waals surface area (Å²) < 4.78 is 13.1. The van der Waals surface area contributed by atoms with Crippen molar-refractivity contribution in [2.75, 3.05) is 0 Å². The van der Waals surface area contributed by atoms with E-state index < -0.39 is 0 Å². The van der Waals surface area contributed by atoms with Gasteiger partial charge in [0, 0.05) is 11.6 Å². The van der Waals surface area contributed by atoms with Crippen LogP contribution in [0.1, 0.15) is 30.5 Å². The first-order valence-electron chi connectivity index (χ1n) is 4.16. The molecule has 12 heavy (non-hydrogen) atoms. The molecule has 0 unspecified atom stereocenters. The second-order valence-corrected chi connectivity index (χ2v) is 3.04. The van der Waals surface area contributed by atoms with Gasteiger partial charge in [0.05, 0.1) is 0 Å². The van der Waals surface area contributed by atoms with Gasteiger partial charge in [-0.15, -0.1) is 0 Å². The summed E-state index contributed by atoms with van der Waals surface area (Å²) in [6.45, 7) is 3.89. The molecule has 1 atom stereocenters. The van der Waals surface area contributed by atoms with E-state index in [1.807, 2.05) is 19.9 Å². The van der Waals surface area contributed by atoms with E-state index in [2.05, 4.69) is 0 Å². The number of hydrogen-bond donors (Lipinski definition) is 1. The van der Waals surface area contributed by atoms with Crippen molar-refractivity contribution in [3.63, 3.8) is 0 Å². The molecule has 0 fully saturated rings. The van der Waals surface area contributed by atoms with E-state index in [9.17, 15) is 4.39 Å². The molecule has 1 aromatic rings. The van der Waals surface area contributed by atoms with E-state index in [0.717, 1.165) is 12.0 Å². The average Bonchev–Trinajstić information content (AvgIpc) is 2.08. The van der Waals surface area contributed by atoms with E-state index in [1.165, 1.54) is 6.07 Å². The third kappa shape index (κ3) is 1.83. The zero-order valence-corrected chi connectivity index (χ0v) is 7.47. The maximum atomic E-state index is 13.1. The lowest BCUT2D eigenvalue weighted by molar-refractivity contribution is 0.575.